The van der Waals surface area contributed by atoms with Gasteiger partial charge in [0.1, 0.15) is 22.8 Å². The van der Waals surface area contributed by atoms with Crippen molar-refractivity contribution in [1.29, 1.82) is 0 Å². The molecule has 3 aromatic rings. The van der Waals surface area contributed by atoms with Crippen LogP contribution in [0, 0.1) is 0 Å². The largest absolute Gasteiger partial charge is 0.508 e. The Labute approximate surface area is 156 Å². The molecule has 0 radical (unpaired) electrons. The molecule has 0 spiro atoms. The minimum atomic E-state index is -4.53. The van der Waals surface area contributed by atoms with Gasteiger partial charge in [-0.15, -0.1) is 0 Å². The number of benzene rings is 2. The number of fused-ring (bicyclic) bond motifs is 4. The summed E-state index contributed by atoms with van der Waals surface area (Å²) in [6.45, 7) is 3.71. The quantitative estimate of drug-likeness (QED) is 0.577. The van der Waals surface area contributed by atoms with E-state index in [1.807, 2.05) is 13.8 Å². The van der Waals surface area contributed by atoms with Gasteiger partial charge in [0.25, 0.3) is 0 Å². The molecule has 2 aromatic carbocycles. The number of carbonyl (C=O) groups excluding carboxylic acids is 1. The van der Waals surface area contributed by atoms with Gasteiger partial charge in [-0.05, 0) is 49.7 Å². The highest BCUT2D eigenvalue weighted by molar-refractivity contribution is 7.95. The molecule has 0 atom stereocenters. The highest BCUT2D eigenvalue weighted by Gasteiger charge is 2.41. The Kier molecular flexibility index (Phi) is 3.75. The fraction of sp³-hybridized carbons (Fsp3) is 0.211. The van der Waals surface area contributed by atoms with Gasteiger partial charge in [-0.25, -0.2) is 0 Å². The summed E-state index contributed by atoms with van der Waals surface area (Å²) in [6.07, 6.45) is 0. The molecule has 0 fully saturated rings. The number of phenols is 1. The summed E-state index contributed by atoms with van der Waals surface area (Å²) in [6, 6.07) is 8.75. The number of hydrogen-bond acceptors (Lipinski definition) is 5. The predicted octanol–water partition coefficient (Wildman–Crippen LogP) is 5.56. The Bertz CT molecular complexity index is 1080. The number of aromatic hydroxyl groups is 1. The van der Waals surface area contributed by atoms with Crippen molar-refractivity contribution in [3.8, 4) is 11.5 Å². The molecule has 1 heterocycles. The first-order valence-corrected chi connectivity index (χ1v) is 8.70. The molecule has 4 rings (SSSR count). The summed E-state index contributed by atoms with van der Waals surface area (Å²) in [5, 5.41) is 10.3. The van der Waals surface area contributed by atoms with Crippen LogP contribution in [0.15, 0.2) is 40.8 Å². The Balaban J connectivity index is 1.85. The van der Waals surface area contributed by atoms with Gasteiger partial charge in [0.05, 0.1) is 5.56 Å². The van der Waals surface area contributed by atoms with E-state index in [0.29, 0.717) is 27.8 Å². The molecule has 1 N–H and O–H groups in total. The average molecular weight is 394 g/mol. The lowest BCUT2D eigenvalue weighted by Gasteiger charge is -2.30. The van der Waals surface area contributed by atoms with Gasteiger partial charge < -0.3 is 13.7 Å². The second-order valence-corrected chi connectivity index (χ2v) is 7.56. The molecule has 140 valence electrons. The molecule has 1 aromatic heterocycles. The first-order chi connectivity index (χ1) is 12.6. The lowest BCUT2D eigenvalue weighted by molar-refractivity contribution is -0.0369. The van der Waals surface area contributed by atoms with Crippen LogP contribution >= 0.6 is 12.0 Å². The van der Waals surface area contributed by atoms with Crippen molar-refractivity contribution in [1.82, 2.24) is 0 Å². The van der Waals surface area contributed by atoms with Crippen molar-refractivity contribution in [3.05, 3.63) is 58.8 Å². The molecular formula is C19H13F3O4S. The number of halogens is 3. The summed E-state index contributed by atoms with van der Waals surface area (Å²) < 4.78 is 47.5. The molecule has 0 aliphatic heterocycles. The highest BCUT2D eigenvalue weighted by Crippen LogP contribution is 2.46. The third-order valence-electron chi connectivity index (χ3n) is 4.61. The van der Waals surface area contributed by atoms with Crippen LogP contribution in [0.2, 0.25) is 0 Å². The number of hydrogen-bond donors (Lipinski definition) is 1. The Morgan fingerprint density at radius 1 is 1.15 bits per heavy atom. The number of rotatable bonds is 2. The summed E-state index contributed by atoms with van der Waals surface area (Å²) in [5.74, 6) is 0.156. The van der Waals surface area contributed by atoms with Gasteiger partial charge in [-0.1, -0.05) is 0 Å². The molecule has 0 amide bonds. The highest BCUT2D eigenvalue weighted by atomic mass is 32.2. The molecule has 0 bridgehead atoms. The molecule has 0 unspecified atom stereocenters. The zero-order valence-electron chi connectivity index (χ0n) is 14.2. The van der Waals surface area contributed by atoms with E-state index in [1.54, 1.807) is 6.07 Å². The molecular weight excluding hydrogens is 381 g/mol. The van der Waals surface area contributed by atoms with Crippen LogP contribution in [-0.4, -0.2) is 16.4 Å². The van der Waals surface area contributed by atoms with Gasteiger partial charge in [0.15, 0.2) is 17.8 Å². The monoisotopic (exact) mass is 394 g/mol. The maximum Gasteiger partial charge on any atom is 0.479 e. The van der Waals surface area contributed by atoms with Gasteiger partial charge in [0.2, 0.25) is 0 Å². The van der Waals surface area contributed by atoms with Crippen molar-refractivity contribution >= 4 is 28.8 Å². The average Bonchev–Trinajstić information content (AvgIpc) is 2.97. The Morgan fingerprint density at radius 3 is 2.59 bits per heavy atom. The Hall–Kier alpha value is -2.61. The fourth-order valence-corrected chi connectivity index (χ4v) is 3.69. The summed E-state index contributed by atoms with van der Waals surface area (Å²) >= 11 is -0.615. The molecule has 0 saturated carbocycles. The molecule has 4 nitrogen and oxygen atoms in total. The zero-order chi connectivity index (χ0) is 19.6. The predicted molar refractivity (Wildman–Crippen MR) is 94.2 cm³/mol. The van der Waals surface area contributed by atoms with E-state index in [1.165, 1.54) is 30.3 Å². The van der Waals surface area contributed by atoms with Crippen molar-refractivity contribution in [3.63, 3.8) is 0 Å². The summed E-state index contributed by atoms with van der Waals surface area (Å²) in [5.41, 5.74) is -3.51. The molecule has 8 heteroatoms. The van der Waals surface area contributed by atoms with Crippen molar-refractivity contribution in [2.24, 2.45) is 0 Å². The van der Waals surface area contributed by atoms with Gasteiger partial charge in [-0.2, -0.15) is 13.2 Å². The van der Waals surface area contributed by atoms with Gasteiger partial charge in [0, 0.05) is 22.4 Å². The third-order valence-corrected chi connectivity index (χ3v) is 5.07. The molecule has 1 aliphatic rings. The number of phenolic OH excluding ortho intramolecular Hbond substituents is 1. The molecule has 27 heavy (non-hydrogen) atoms. The fourth-order valence-electron chi connectivity index (χ4n) is 3.39. The van der Waals surface area contributed by atoms with Gasteiger partial charge in [-0.3, -0.25) is 4.79 Å². The second kappa shape index (κ2) is 5.69. The first kappa shape index (κ1) is 17.8. The lowest BCUT2D eigenvalue weighted by Crippen LogP contribution is -2.29. The number of ketones is 1. The smallest absolute Gasteiger partial charge is 0.479 e. The summed E-state index contributed by atoms with van der Waals surface area (Å²) in [7, 11) is 0. The number of alkyl halides is 3. The molecule has 1 aliphatic carbocycles. The standard InChI is InChI=1S/C19H13F3O4S/c1-18(2)13-7-9(23)3-5-11(13)16(24)15-12-6-4-10(26-27-19(20,21)22)8-14(12)25-17(15)18/h3-8,23H,1-2H3. The van der Waals surface area contributed by atoms with Crippen LogP contribution in [0.4, 0.5) is 13.2 Å². The SMILES string of the molecule is CC1(C)c2cc(O)ccc2C(=O)c2c1oc1cc(OSC(F)(F)F)ccc21. The lowest BCUT2D eigenvalue weighted by atomic mass is 9.72. The normalized spacial score (nSPS) is 15.5. The minimum Gasteiger partial charge on any atom is -0.508 e. The number of carbonyl (C=O) groups is 1. The van der Waals surface area contributed by atoms with E-state index in [-0.39, 0.29) is 22.9 Å². The van der Waals surface area contributed by atoms with E-state index in [0.717, 1.165) is 0 Å². The van der Waals surface area contributed by atoms with E-state index in [9.17, 15) is 23.1 Å². The van der Waals surface area contributed by atoms with E-state index in [2.05, 4.69) is 4.18 Å². The maximum atomic E-state index is 13.0. The topological polar surface area (TPSA) is 59.7 Å². The molecule has 0 saturated heterocycles. The van der Waals surface area contributed by atoms with Crippen LogP contribution in [0.3, 0.4) is 0 Å². The van der Waals surface area contributed by atoms with Crippen molar-refractivity contribution in [2.75, 3.05) is 0 Å². The number of furan rings is 1. The van der Waals surface area contributed by atoms with E-state index in [4.69, 9.17) is 4.42 Å². The second-order valence-electron chi connectivity index (χ2n) is 6.76. The van der Waals surface area contributed by atoms with Crippen LogP contribution in [0.1, 0.15) is 41.1 Å². The van der Waals surface area contributed by atoms with Gasteiger partial charge >= 0.3 is 5.51 Å². The van der Waals surface area contributed by atoms with Crippen LogP contribution in [-0.2, 0) is 5.41 Å². The van der Waals surface area contributed by atoms with Crippen LogP contribution in [0.25, 0.3) is 11.0 Å². The van der Waals surface area contributed by atoms with E-state index >= 15 is 0 Å². The minimum absolute atomic E-state index is 0.0312. The third kappa shape index (κ3) is 2.84. The summed E-state index contributed by atoms with van der Waals surface area (Å²) in [4.78, 5) is 13.0. The zero-order valence-corrected chi connectivity index (χ0v) is 15.0. The maximum absolute atomic E-state index is 13.0. The van der Waals surface area contributed by atoms with Crippen LogP contribution in [0.5, 0.6) is 11.5 Å². The van der Waals surface area contributed by atoms with Crippen molar-refractivity contribution < 1.29 is 31.7 Å². The van der Waals surface area contributed by atoms with Crippen molar-refractivity contribution in [2.45, 2.75) is 24.8 Å². The Morgan fingerprint density at radius 2 is 1.89 bits per heavy atom. The van der Waals surface area contributed by atoms with Crippen LogP contribution < -0.4 is 4.18 Å². The first-order valence-electron chi connectivity index (χ1n) is 7.95. The van der Waals surface area contributed by atoms with E-state index < -0.39 is 23.0 Å².